The van der Waals surface area contributed by atoms with Gasteiger partial charge < -0.3 is 24.1 Å². The fourth-order valence-electron chi connectivity index (χ4n) is 3.87. The Bertz CT molecular complexity index is 777. The van der Waals surface area contributed by atoms with Crippen LogP contribution in [0.25, 0.3) is 0 Å². The summed E-state index contributed by atoms with van der Waals surface area (Å²) in [5.74, 6) is 0.803. The Hall–Kier alpha value is -1.77. The molecule has 2 fully saturated rings. The Morgan fingerprint density at radius 3 is 2.56 bits per heavy atom. The predicted octanol–water partition coefficient (Wildman–Crippen LogP) is 3.35. The Balaban J connectivity index is 1.46. The Labute approximate surface area is 193 Å². The van der Waals surface area contributed by atoms with E-state index in [1.165, 1.54) is 0 Å². The van der Waals surface area contributed by atoms with E-state index in [0.717, 1.165) is 43.7 Å². The second-order valence-corrected chi connectivity index (χ2v) is 10.8. The Morgan fingerprint density at radius 2 is 1.91 bits per heavy atom. The molecule has 8 heteroatoms. The molecule has 178 valence electrons. The molecular formula is C24H39BN2O5. The van der Waals surface area contributed by atoms with Crippen LogP contribution in [0.2, 0.25) is 0 Å². The van der Waals surface area contributed by atoms with Crippen molar-refractivity contribution in [2.75, 3.05) is 26.2 Å². The highest BCUT2D eigenvalue weighted by Crippen LogP contribution is 2.36. The van der Waals surface area contributed by atoms with Gasteiger partial charge in [0.05, 0.1) is 11.2 Å². The third kappa shape index (κ3) is 6.62. The molecule has 0 bridgehead atoms. The molecule has 0 saturated carbocycles. The first-order chi connectivity index (χ1) is 14.8. The van der Waals surface area contributed by atoms with Gasteiger partial charge >= 0.3 is 13.2 Å². The number of alkyl carbamates (subject to hydrolysis) is 1. The van der Waals surface area contributed by atoms with Crippen LogP contribution in [0.4, 0.5) is 4.79 Å². The molecule has 0 aromatic heterocycles. The third-order valence-corrected chi connectivity index (χ3v) is 6.29. The van der Waals surface area contributed by atoms with E-state index < -0.39 is 12.7 Å². The highest BCUT2D eigenvalue weighted by Gasteiger charge is 2.51. The highest BCUT2D eigenvalue weighted by atomic mass is 16.7. The number of carbonyl (C=O) groups excluding carboxylic acids is 1. The van der Waals surface area contributed by atoms with E-state index in [-0.39, 0.29) is 23.3 Å². The predicted molar refractivity (Wildman–Crippen MR) is 126 cm³/mol. The summed E-state index contributed by atoms with van der Waals surface area (Å²) < 4.78 is 23.7. The van der Waals surface area contributed by atoms with Gasteiger partial charge in [0.25, 0.3) is 0 Å². The van der Waals surface area contributed by atoms with Gasteiger partial charge in [0.15, 0.2) is 0 Å². The minimum Gasteiger partial charge on any atom is -0.492 e. The molecule has 1 N–H and O–H groups in total. The van der Waals surface area contributed by atoms with Crippen molar-refractivity contribution in [3.8, 4) is 5.75 Å². The first-order valence-corrected chi connectivity index (χ1v) is 11.6. The number of nitrogens with zero attached hydrogens (tertiary/aromatic N) is 1. The number of rotatable bonds is 6. The molecule has 1 aromatic rings. The van der Waals surface area contributed by atoms with Gasteiger partial charge in [-0.15, -0.1) is 0 Å². The van der Waals surface area contributed by atoms with Crippen LogP contribution in [0.15, 0.2) is 24.3 Å². The standard InChI is InChI=1S/C24H39BN2O5/c1-22(2,3)30-21(28)26-19-11-9-13-27(17-19)14-15-29-20-12-8-10-18(16-20)25-31-23(4,5)24(6,7)32-25/h8,10,12,16,19H,9,11,13-15,17H2,1-7H3,(H,26,28)/t19-/m1/s1. The van der Waals surface area contributed by atoms with Gasteiger partial charge in [0.1, 0.15) is 18.0 Å². The van der Waals surface area contributed by atoms with Crippen LogP contribution in [-0.2, 0) is 14.0 Å². The van der Waals surface area contributed by atoms with Crippen LogP contribution in [-0.4, -0.2) is 67.2 Å². The van der Waals surface area contributed by atoms with Crippen LogP contribution >= 0.6 is 0 Å². The van der Waals surface area contributed by atoms with Crippen molar-refractivity contribution in [1.82, 2.24) is 10.2 Å². The molecule has 0 spiro atoms. The van der Waals surface area contributed by atoms with Crippen molar-refractivity contribution in [3.63, 3.8) is 0 Å². The quantitative estimate of drug-likeness (QED) is 0.676. The molecule has 32 heavy (non-hydrogen) atoms. The molecule has 0 aliphatic carbocycles. The highest BCUT2D eigenvalue weighted by molar-refractivity contribution is 6.62. The van der Waals surface area contributed by atoms with E-state index in [2.05, 4.69) is 37.9 Å². The van der Waals surface area contributed by atoms with Gasteiger partial charge in [0, 0.05) is 19.1 Å². The molecule has 2 saturated heterocycles. The number of carbonyl (C=O) groups is 1. The largest absolute Gasteiger partial charge is 0.494 e. The van der Waals surface area contributed by atoms with Gasteiger partial charge in [-0.25, -0.2) is 4.79 Å². The SMILES string of the molecule is CC(C)(C)OC(=O)N[C@@H]1CCCN(CCOc2cccc(B3OC(C)(C)C(C)(C)O3)c2)C1. The van der Waals surface area contributed by atoms with Crippen LogP contribution in [0.3, 0.4) is 0 Å². The number of likely N-dealkylation sites (tertiary alicyclic amines) is 1. The van der Waals surface area contributed by atoms with Crippen LogP contribution in [0.5, 0.6) is 5.75 Å². The summed E-state index contributed by atoms with van der Waals surface area (Å²) in [6.07, 6.45) is 1.66. The first-order valence-electron chi connectivity index (χ1n) is 11.6. The number of ether oxygens (including phenoxy) is 2. The van der Waals surface area contributed by atoms with E-state index in [4.69, 9.17) is 18.8 Å². The second kappa shape index (κ2) is 9.61. The maximum atomic E-state index is 12.1. The van der Waals surface area contributed by atoms with E-state index in [1.54, 1.807) is 0 Å². The van der Waals surface area contributed by atoms with Crippen molar-refractivity contribution in [2.24, 2.45) is 0 Å². The van der Waals surface area contributed by atoms with E-state index in [0.29, 0.717) is 6.61 Å². The summed E-state index contributed by atoms with van der Waals surface area (Å²) in [5.41, 5.74) is -0.263. The van der Waals surface area contributed by atoms with E-state index >= 15 is 0 Å². The normalized spacial score (nSPS) is 23.1. The fourth-order valence-corrected chi connectivity index (χ4v) is 3.87. The van der Waals surface area contributed by atoms with Gasteiger partial charge in [-0.2, -0.15) is 0 Å². The van der Waals surface area contributed by atoms with Gasteiger partial charge in [-0.05, 0) is 85.4 Å². The Kier molecular flexibility index (Phi) is 7.47. The zero-order valence-electron chi connectivity index (χ0n) is 20.7. The molecule has 2 aliphatic rings. The average Bonchev–Trinajstić information content (AvgIpc) is 2.88. The molecular weight excluding hydrogens is 407 g/mol. The molecule has 1 aromatic carbocycles. The molecule has 2 heterocycles. The zero-order chi connectivity index (χ0) is 23.6. The minimum absolute atomic E-state index is 0.102. The minimum atomic E-state index is -0.485. The number of benzene rings is 1. The lowest BCUT2D eigenvalue weighted by molar-refractivity contribution is 0.00578. The van der Waals surface area contributed by atoms with Crippen molar-refractivity contribution >= 4 is 18.7 Å². The van der Waals surface area contributed by atoms with Gasteiger partial charge in [0.2, 0.25) is 0 Å². The van der Waals surface area contributed by atoms with Crippen molar-refractivity contribution in [3.05, 3.63) is 24.3 Å². The summed E-state index contributed by atoms with van der Waals surface area (Å²) in [5, 5.41) is 2.99. The lowest BCUT2D eigenvalue weighted by Gasteiger charge is -2.33. The van der Waals surface area contributed by atoms with Crippen molar-refractivity contribution in [1.29, 1.82) is 0 Å². The van der Waals surface area contributed by atoms with Gasteiger partial charge in [-0.3, -0.25) is 4.90 Å². The average molecular weight is 446 g/mol. The van der Waals surface area contributed by atoms with Gasteiger partial charge in [-0.1, -0.05) is 12.1 Å². The first kappa shape index (κ1) is 24.9. The maximum absolute atomic E-state index is 12.1. The molecule has 2 aliphatic heterocycles. The van der Waals surface area contributed by atoms with Crippen LogP contribution < -0.4 is 15.5 Å². The van der Waals surface area contributed by atoms with Crippen molar-refractivity contribution in [2.45, 2.75) is 84.2 Å². The number of nitrogens with one attached hydrogen (secondary N) is 1. The molecule has 7 nitrogen and oxygen atoms in total. The number of hydrogen-bond donors (Lipinski definition) is 1. The number of amides is 1. The number of hydrogen-bond acceptors (Lipinski definition) is 6. The monoisotopic (exact) mass is 446 g/mol. The zero-order valence-corrected chi connectivity index (χ0v) is 20.7. The number of piperidine rings is 1. The molecule has 0 radical (unpaired) electrons. The smallest absolute Gasteiger partial charge is 0.492 e. The Morgan fingerprint density at radius 1 is 1.22 bits per heavy atom. The summed E-state index contributed by atoms with van der Waals surface area (Å²) in [6.45, 7) is 17.0. The van der Waals surface area contributed by atoms with Crippen molar-refractivity contribution < 1.29 is 23.6 Å². The topological polar surface area (TPSA) is 69.3 Å². The lowest BCUT2D eigenvalue weighted by atomic mass is 9.79. The molecule has 0 unspecified atom stereocenters. The maximum Gasteiger partial charge on any atom is 0.494 e. The lowest BCUT2D eigenvalue weighted by Crippen LogP contribution is -2.49. The second-order valence-electron chi connectivity index (χ2n) is 10.8. The summed E-state index contributed by atoms with van der Waals surface area (Å²) in [4.78, 5) is 14.4. The summed E-state index contributed by atoms with van der Waals surface area (Å²) >= 11 is 0. The third-order valence-electron chi connectivity index (χ3n) is 6.29. The molecule has 3 rings (SSSR count). The van der Waals surface area contributed by atoms with Crippen LogP contribution in [0.1, 0.15) is 61.3 Å². The van der Waals surface area contributed by atoms with E-state index in [1.807, 2.05) is 45.0 Å². The fraction of sp³-hybridized carbons (Fsp3) is 0.708. The van der Waals surface area contributed by atoms with E-state index in [9.17, 15) is 4.79 Å². The molecule has 1 atom stereocenters. The summed E-state index contributed by atoms with van der Waals surface area (Å²) in [7, 11) is -0.398. The summed E-state index contributed by atoms with van der Waals surface area (Å²) in [6, 6.07) is 8.03. The molecule has 1 amide bonds. The van der Waals surface area contributed by atoms with Crippen LogP contribution in [0, 0.1) is 0 Å².